The van der Waals surface area contributed by atoms with Gasteiger partial charge in [0.05, 0.1) is 12.3 Å². The van der Waals surface area contributed by atoms with E-state index in [0.717, 1.165) is 48.9 Å². The summed E-state index contributed by atoms with van der Waals surface area (Å²) in [5.74, 6) is 1.23. The van der Waals surface area contributed by atoms with Crippen LogP contribution in [-0.2, 0) is 11.3 Å². The quantitative estimate of drug-likeness (QED) is 0.220. The summed E-state index contributed by atoms with van der Waals surface area (Å²) >= 11 is 0. The van der Waals surface area contributed by atoms with E-state index in [0.29, 0.717) is 42.9 Å². The smallest absolute Gasteiger partial charge is 0.387 e. The number of alkyl halides is 2. The Morgan fingerprint density at radius 1 is 1.02 bits per heavy atom. The summed E-state index contributed by atoms with van der Waals surface area (Å²) in [5, 5.41) is 13.0. The van der Waals surface area contributed by atoms with Crippen LogP contribution in [0.25, 0.3) is 11.4 Å². The monoisotopic (exact) mass is 548 g/mol. The van der Waals surface area contributed by atoms with Gasteiger partial charge >= 0.3 is 6.61 Å². The number of nitrogens with zero attached hydrogens (tertiary/aromatic N) is 6. The maximum absolute atomic E-state index is 13.3. The molecule has 208 valence electrons. The molecule has 0 bridgehead atoms. The molecule has 9 nitrogen and oxygen atoms in total. The van der Waals surface area contributed by atoms with E-state index in [1.165, 1.54) is 10.9 Å². The van der Waals surface area contributed by atoms with Crippen molar-refractivity contribution in [3.8, 4) is 22.9 Å². The van der Waals surface area contributed by atoms with Crippen LogP contribution in [0.15, 0.2) is 67.0 Å². The van der Waals surface area contributed by atoms with Crippen molar-refractivity contribution in [2.45, 2.75) is 51.5 Å². The molecule has 3 heterocycles. The number of aromatic nitrogens is 5. The van der Waals surface area contributed by atoms with Crippen molar-refractivity contribution in [2.24, 2.45) is 5.92 Å². The highest BCUT2D eigenvalue weighted by Gasteiger charge is 2.26. The third kappa shape index (κ3) is 6.20. The van der Waals surface area contributed by atoms with Gasteiger partial charge in [-0.25, -0.2) is 0 Å². The van der Waals surface area contributed by atoms with Crippen LogP contribution in [0.2, 0.25) is 0 Å². The molecule has 2 aromatic carbocycles. The lowest BCUT2D eigenvalue weighted by molar-refractivity contribution is -0.0515. The Morgan fingerprint density at radius 3 is 2.62 bits per heavy atom. The molecule has 1 aliphatic heterocycles. The molecule has 0 spiro atoms. The molecule has 0 N–H and O–H groups in total. The number of ether oxygens (including phenoxy) is 3. The number of tetrazole rings is 1. The molecule has 0 radical (unpaired) electrons. The average molecular weight is 549 g/mol. The lowest BCUT2D eigenvalue weighted by Gasteiger charge is -2.28. The van der Waals surface area contributed by atoms with E-state index in [-0.39, 0.29) is 12.0 Å². The first-order valence-corrected chi connectivity index (χ1v) is 13.5. The van der Waals surface area contributed by atoms with Crippen molar-refractivity contribution in [3.63, 3.8) is 0 Å². The summed E-state index contributed by atoms with van der Waals surface area (Å²) in [4.78, 5) is 7.79. The van der Waals surface area contributed by atoms with Gasteiger partial charge in [0.2, 0.25) is 5.82 Å². The molecular weight excluding hydrogens is 518 g/mol. The molecule has 40 heavy (non-hydrogen) atoms. The maximum atomic E-state index is 13.3. The third-order valence-corrected chi connectivity index (χ3v) is 6.97. The fourth-order valence-corrected chi connectivity index (χ4v) is 4.69. The number of anilines is 2. The van der Waals surface area contributed by atoms with Crippen molar-refractivity contribution in [1.29, 1.82) is 0 Å². The molecule has 6 rings (SSSR count). The van der Waals surface area contributed by atoms with Crippen LogP contribution < -0.4 is 14.4 Å². The van der Waals surface area contributed by atoms with E-state index in [1.807, 2.05) is 47.4 Å². The Balaban J connectivity index is 1.33. The van der Waals surface area contributed by atoms with Crippen molar-refractivity contribution in [1.82, 2.24) is 25.2 Å². The molecule has 2 aliphatic rings. The summed E-state index contributed by atoms with van der Waals surface area (Å²) in [7, 11) is 0. The predicted molar refractivity (Wildman–Crippen MR) is 143 cm³/mol. The third-order valence-electron chi connectivity index (χ3n) is 6.97. The largest absolute Gasteiger partial charge is 0.487 e. The summed E-state index contributed by atoms with van der Waals surface area (Å²) < 4.78 is 43.4. The second-order valence-corrected chi connectivity index (χ2v) is 9.99. The van der Waals surface area contributed by atoms with Crippen molar-refractivity contribution in [2.75, 3.05) is 18.1 Å². The number of rotatable bonds is 11. The Bertz CT molecular complexity index is 1390. The Hall–Kier alpha value is -4.12. The van der Waals surface area contributed by atoms with Gasteiger partial charge in [-0.05, 0) is 91.3 Å². The summed E-state index contributed by atoms with van der Waals surface area (Å²) in [6.07, 6.45) is 8.40. The summed E-state index contributed by atoms with van der Waals surface area (Å²) in [6.45, 7) is -1.40. The van der Waals surface area contributed by atoms with E-state index in [4.69, 9.17) is 14.2 Å². The van der Waals surface area contributed by atoms with Crippen LogP contribution >= 0.6 is 0 Å². The molecule has 2 fully saturated rings. The number of hydrogen-bond donors (Lipinski definition) is 0. The molecule has 1 unspecified atom stereocenters. The minimum atomic E-state index is -2.97. The van der Waals surface area contributed by atoms with Crippen LogP contribution in [0.1, 0.15) is 43.9 Å². The molecule has 1 saturated heterocycles. The molecule has 1 atom stereocenters. The van der Waals surface area contributed by atoms with Crippen LogP contribution in [0, 0.1) is 5.92 Å². The average Bonchev–Trinajstić information content (AvgIpc) is 3.69. The number of halogens is 2. The summed E-state index contributed by atoms with van der Waals surface area (Å²) in [5.41, 5.74) is 3.18. The zero-order valence-electron chi connectivity index (χ0n) is 21.9. The molecular formula is C29H30F2N6O3. The Morgan fingerprint density at radius 2 is 1.90 bits per heavy atom. The zero-order chi connectivity index (χ0) is 27.3. The SMILES string of the molecule is FC(F)Oc1cccc(N(Cc2cccnc2)c2ccc(-c3nnn(C4CCCCO4)n3)cc2)c1OCC1CC1. The fourth-order valence-electron chi connectivity index (χ4n) is 4.69. The zero-order valence-corrected chi connectivity index (χ0v) is 21.9. The predicted octanol–water partition coefficient (Wildman–Crippen LogP) is 6.16. The molecule has 0 amide bonds. The lowest BCUT2D eigenvalue weighted by atomic mass is 10.1. The van der Waals surface area contributed by atoms with Crippen molar-refractivity contribution >= 4 is 11.4 Å². The van der Waals surface area contributed by atoms with E-state index < -0.39 is 6.61 Å². The molecule has 1 aliphatic carbocycles. The van der Waals surface area contributed by atoms with E-state index in [1.54, 1.807) is 18.5 Å². The molecule has 4 aromatic rings. The van der Waals surface area contributed by atoms with E-state index >= 15 is 0 Å². The van der Waals surface area contributed by atoms with Crippen LogP contribution in [0.5, 0.6) is 11.5 Å². The second kappa shape index (κ2) is 12.0. The van der Waals surface area contributed by atoms with Crippen molar-refractivity contribution < 1.29 is 23.0 Å². The van der Waals surface area contributed by atoms with Gasteiger partial charge in [0.25, 0.3) is 0 Å². The first kappa shape index (κ1) is 26.1. The van der Waals surface area contributed by atoms with Crippen LogP contribution in [0.4, 0.5) is 20.2 Å². The highest BCUT2D eigenvalue weighted by molar-refractivity contribution is 5.74. The van der Waals surface area contributed by atoms with Gasteiger partial charge in [-0.1, -0.05) is 12.1 Å². The second-order valence-electron chi connectivity index (χ2n) is 9.99. The maximum Gasteiger partial charge on any atom is 0.387 e. The minimum Gasteiger partial charge on any atom is -0.487 e. The number of para-hydroxylation sites is 1. The molecule has 1 saturated carbocycles. The number of benzene rings is 2. The van der Waals surface area contributed by atoms with Gasteiger partial charge in [-0.2, -0.15) is 8.78 Å². The van der Waals surface area contributed by atoms with Gasteiger partial charge in [0.1, 0.15) is 0 Å². The first-order valence-electron chi connectivity index (χ1n) is 13.5. The van der Waals surface area contributed by atoms with Gasteiger partial charge in [-0.3, -0.25) is 4.98 Å². The summed E-state index contributed by atoms with van der Waals surface area (Å²) in [6, 6.07) is 16.6. The van der Waals surface area contributed by atoms with Gasteiger partial charge in [0.15, 0.2) is 17.7 Å². The standard InChI is InChI=1S/C29H30F2N6O3/c30-29(31)40-25-7-3-6-24(27(25)39-19-20-9-10-20)36(18-21-5-4-15-32-17-21)23-13-11-22(12-14-23)28-33-35-37(34-28)26-8-1-2-16-38-26/h3-7,11-15,17,20,26,29H,1-2,8-10,16,18-19H2. The number of pyridine rings is 1. The van der Waals surface area contributed by atoms with Gasteiger partial charge in [0, 0.05) is 36.8 Å². The van der Waals surface area contributed by atoms with E-state index in [9.17, 15) is 8.78 Å². The molecule has 2 aromatic heterocycles. The molecule has 11 heteroatoms. The minimum absolute atomic E-state index is 0.00621. The highest BCUT2D eigenvalue weighted by Crippen LogP contribution is 2.43. The van der Waals surface area contributed by atoms with E-state index in [2.05, 4.69) is 20.4 Å². The van der Waals surface area contributed by atoms with Gasteiger partial charge in [-0.15, -0.1) is 15.0 Å². The van der Waals surface area contributed by atoms with Crippen LogP contribution in [-0.4, -0.2) is 45.0 Å². The topological polar surface area (TPSA) is 87.4 Å². The number of hydrogen-bond acceptors (Lipinski definition) is 8. The Kier molecular flexibility index (Phi) is 7.80. The van der Waals surface area contributed by atoms with Crippen molar-refractivity contribution in [3.05, 3.63) is 72.6 Å². The van der Waals surface area contributed by atoms with Gasteiger partial charge < -0.3 is 19.1 Å². The highest BCUT2D eigenvalue weighted by atomic mass is 19.3. The Labute approximate surface area is 230 Å². The van der Waals surface area contributed by atoms with Crippen LogP contribution in [0.3, 0.4) is 0 Å². The first-order chi connectivity index (χ1) is 19.6. The fraction of sp³-hybridized carbons (Fsp3) is 0.379. The normalized spacial score (nSPS) is 17.1. The lowest BCUT2D eigenvalue weighted by Crippen LogP contribution is -2.20.